The van der Waals surface area contributed by atoms with E-state index in [1.165, 1.54) is 4.46 Å². The maximum absolute atomic E-state index is 10.7. The summed E-state index contributed by atoms with van der Waals surface area (Å²) in [7, 11) is 0. The molecule has 138 valence electrons. The zero-order valence-electron chi connectivity index (χ0n) is 15.7. The van der Waals surface area contributed by atoms with Crippen LogP contribution in [-0.4, -0.2) is 50.1 Å². The summed E-state index contributed by atoms with van der Waals surface area (Å²) in [6.45, 7) is 10.1. The molecule has 25 heavy (non-hydrogen) atoms. The molecule has 1 aliphatic carbocycles. The molecule has 2 heterocycles. The van der Waals surface area contributed by atoms with Crippen LogP contribution in [0.25, 0.3) is 0 Å². The quantitative estimate of drug-likeness (QED) is 0.781. The first-order valence-corrected chi connectivity index (χ1v) is 11.3. The fourth-order valence-electron chi connectivity index (χ4n) is 5.33. The Labute approximate surface area is 157 Å². The Bertz CT molecular complexity index is 642. The van der Waals surface area contributed by atoms with Crippen molar-refractivity contribution < 1.29 is 14.6 Å². The molecule has 1 aromatic rings. The van der Waals surface area contributed by atoms with Gasteiger partial charge in [-0.3, -0.25) is 0 Å². The Morgan fingerprint density at radius 1 is 1.16 bits per heavy atom. The molecule has 3 fully saturated rings. The van der Waals surface area contributed by atoms with Gasteiger partial charge in [0, 0.05) is 0 Å². The Morgan fingerprint density at radius 2 is 1.88 bits per heavy atom. The van der Waals surface area contributed by atoms with E-state index in [-0.39, 0.29) is 22.5 Å². The van der Waals surface area contributed by atoms with E-state index in [9.17, 15) is 5.11 Å². The fourth-order valence-corrected chi connectivity index (χ4v) is 7.97. The van der Waals surface area contributed by atoms with E-state index >= 15 is 0 Å². The topological polar surface area (TPSA) is 38.7 Å². The minimum atomic E-state index is -0.661. The second-order valence-corrected chi connectivity index (χ2v) is 11.8. The van der Waals surface area contributed by atoms with Gasteiger partial charge < -0.3 is 0 Å². The average molecular weight is 409 g/mol. The van der Waals surface area contributed by atoms with E-state index in [4.69, 9.17) is 9.47 Å². The zero-order valence-corrected chi connectivity index (χ0v) is 17.5. The summed E-state index contributed by atoms with van der Waals surface area (Å²) in [4.78, 5) is 0.421. The minimum absolute atomic E-state index is 0.0605. The molecule has 0 bridgehead atoms. The van der Waals surface area contributed by atoms with Gasteiger partial charge in [0.25, 0.3) is 0 Å². The monoisotopic (exact) mass is 410 g/mol. The van der Waals surface area contributed by atoms with E-state index in [0.717, 1.165) is 32.5 Å². The molecule has 4 rings (SSSR count). The van der Waals surface area contributed by atoms with Gasteiger partial charge in [0.05, 0.1) is 0 Å². The molecule has 0 aromatic heterocycles. The van der Waals surface area contributed by atoms with Crippen molar-refractivity contribution in [3.8, 4) is 0 Å². The second-order valence-electron chi connectivity index (χ2n) is 9.11. The number of rotatable bonds is 3. The number of hydrogen-bond acceptors (Lipinski definition) is 3. The normalized spacial score (nSPS) is 43.7. The fraction of sp³-hybridized carbons (Fsp3) is 0.714. The average Bonchev–Trinajstić information content (AvgIpc) is 2.96. The number of hydrogen-bond donors (Lipinski definition) is 1. The van der Waals surface area contributed by atoms with Crippen LogP contribution in [-0.2, 0) is 9.47 Å². The van der Waals surface area contributed by atoms with Gasteiger partial charge >= 0.3 is 157 Å². The maximum atomic E-state index is 10.7. The van der Waals surface area contributed by atoms with Gasteiger partial charge in [0.2, 0.25) is 0 Å². The van der Waals surface area contributed by atoms with Crippen LogP contribution in [0.5, 0.6) is 0 Å². The van der Waals surface area contributed by atoms with Crippen LogP contribution in [0.4, 0.5) is 0 Å². The first kappa shape index (κ1) is 18.0. The first-order chi connectivity index (χ1) is 11.7. The predicted octanol–water partition coefficient (Wildman–Crippen LogP) is 2.94. The van der Waals surface area contributed by atoms with Gasteiger partial charge in [-0.15, -0.1) is 0 Å². The molecule has 1 saturated carbocycles. The molecule has 2 aliphatic heterocycles. The third kappa shape index (κ3) is 2.56. The molecule has 5 atom stereocenters. The Balaban J connectivity index is 1.66. The van der Waals surface area contributed by atoms with Crippen molar-refractivity contribution in [2.24, 2.45) is 11.3 Å². The molecular formula is C21H30O3Se. The standard InChI is InChI=1S/C21H30O3Se/c1-18(2,22)15-10-11-19(3)14-24-20(4)17(13-23-21(19,20)12-15)25-16-8-6-5-7-9-16/h5-9,15,17,22H,10-14H2,1-4H3/t15-,17+,19+,20-,21-/m1/s1. The summed E-state index contributed by atoms with van der Waals surface area (Å²) in [6.07, 6.45) is 3.03. The van der Waals surface area contributed by atoms with E-state index in [2.05, 4.69) is 44.2 Å². The summed E-state index contributed by atoms with van der Waals surface area (Å²) in [6, 6.07) is 10.8. The number of ether oxygens (including phenoxy) is 2. The van der Waals surface area contributed by atoms with Crippen LogP contribution in [0.15, 0.2) is 30.3 Å². The van der Waals surface area contributed by atoms with E-state index in [1.807, 2.05) is 13.8 Å². The van der Waals surface area contributed by atoms with Crippen LogP contribution >= 0.6 is 0 Å². The predicted molar refractivity (Wildman–Crippen MR) is 100 cm³/mol. The van der Waals surface area contributed by atoms with Gasteiger partial charge in [-0.2, -0.15) is 0 Å². The molecule has 1 aromatic carbocycles. The van der Waals surface area contributed by atoms with Crippen molar-refractivity contribution in [2.75, 3.05) is 13.2 Å². The third-order valence-electron chi connectivity index (χ3n) is 7.16. The summed E-state index contributed by atoms with van der Waals surface area (Å²) in [5.41, 5.74) is -1.11. The van der Waals surface area contributed by atoms with E-state index in [1.54, 1.807) is 0 Å². The van der Waals surface area contributed by atoms with Gasteiger partial charge in [-0.25, -0.2) is 0 Å². The van der Waals surface area contributed by atoms with Crippen molar-refractivity contribution in [3.63, 3.8) is 0 Å². The third-order valence-corrected chi connectivity index (χ3v) is 10.1. The number of aliphatic hydroxyl groups is 1. The second kappa shape index (κ2) is 5.81. The summed E-state index contributed by atoms with van der Waals surface area (Å²) >= 11 is 0.326. The van der Waals surface area contributed by atoms with Crippen molar-refractivity contribution in [1.29, 1.82) is 0 Å². The summed E-state index contributed by atoms with van der Waals surface area (Å²) < 4.78 is 14.6. The molecule has 0 unspecified atom stereocenters. The first-order valence-electron chi connectivity index (χ1n) is 9.42. The van der Waals surface area contributed by atoms with Crippen LogP contribution in [0.2, 0.25) is 4.82 Å². The Hall–Kier alpha value is -0.381. The van der Waals surface area contributed by atoms with Crippen molar-refractivity contribution in [3.05, 3.63) is 30.3 Å². The van der Waals surface area contributed by atoms with Crippen molar-refractivity contribution >= 4 is 19.4 Å². The van der Waals surface area contributed by atoms with Gasteiger partial charge in [-0.05, 0) is 0 Å². The van der Waals surface area contributed by atoms with E-state index < -0.39 is 5.60 Å². The molecular weight excluding hydrogens is 379 g/mol. The molecule has 1 N–H and O–H groups in total. The molecule has 4 heteroatoms. The van der Waals surface area contributed by atoms with Crippen LogP contribution in [0.1, 0.15) is 47.0 Å². The van der Waals surface area contributed by atoms with E-state index in [0.29, 0.717) is 19.8 Å². The molecule has 2 saturated heterocycles. The summed E-state index contributed by atoms with van der Waals surface area (Å²) in [5.74, 6) is 0.268. The van der Waals surface area contributed by atoms with Crippen molar-refractivity contribution in [2.45, 2.75) is 68.6 Å². The van der Waals surface area contributed by atoms with Crippen LogP contribution < -0.4 is 4.46 Å². The molecule has 3 aliphatic rings. The van der Waals surface area contributed by atoms with Gasteiger partial charge in [-0.1, -0.05) is 0 Å². The molecule has 1 spiro atoms. The number of benzene rings is 1. The summed E-state index contributed by atoms with van der Waals surface area (Å²) in [5, 5.41) is 10.7. The van der Waals surface area contributed by atoms with Gasteiger partial charge in [0.1, 0.15) is 0 Å². The molecule has 0 amide bonds. The van der Waals surface area contributed by atoms with Crippen LogP contribution in [0.3, 0.4) is 0 Å². The Kier molecular flexibility index (Phi) is 4.18. The molecule has 3 nitrogen and oxygen atoms in total. The Morgan fingerprint density at radius 3 is 2.56 bits per heavy atom. The molecule has 0 radical (unpaired) electrons. The van der Waals surface area contributed by atoms with Gasteiger partial charge in [0.15, 0.2) is 0 Å². The SMILES string of the molecule is CC(C)(O)[C@@H]1CC[C@@]2(C)CO[C@]3(C)[C@@H]([Se]c4ccccc4)CO[C@]23C1. The zero-order chi connectivity index (χ0) is 17.9. The van der Waals surface area contributed by atoms with Crippen LogP contribution in [0, 0.1) is 11.3 Å². The van der Waals surface area contributed by atoms with Crippen molar-refractivity contribution in [1.82, 2.24) is 0 Å².